The molecule has 5 nitrogen and oxygen atoms in total. The SMILES string of the molecule is CCC(O)(CN)CCCOc1ccc(CO)cc1OC. The van der Waals surface area contributed by atoms with Crippen LogP contribution in [0.3, 0.4) is 0 Å². The highest BCUT2D eigenvalue weighted by atomic mass is 16.5. The molecule has 0 radical (unpaired) electrons. The van der Waals surface area contributed by atoms with Gasteiger partial charge in [0.05, 0.1) is 25.9 Å². The van der Waals surface area contributed by atoms with E-state index in [1.807, 2.05) is 6.92 Å². The Morgan fingerprint density at radius 3 is 2.60 bits per heavy atom. The van der Waals surface area contributed by atoms with Crippen molar-refractivity contribution in [2.45, 2.75) is 38.4 Å². The summed E-state index contributed by atoms with van der Waals surface area (Å²) in [7, 11) is 1.56. The summed E-state index contributed by atoms with van der Waals surface area (Å²) < 4.78 is 10.9. The molecular formula is C15H25NO4. The van der Waals surface area contributed by atoms with E-state index in [0.29, 0.717) is 37.4 Å². The third-order valence-corrected chi connectivity index (χ3v) is 3.49. The van der Waals surface area contributed by atoms with Crippen molar-refractivity contribution < 1.29 is 19.7 Å². The fraction of sp³-hybridized carbons (Fsp3) is 0.600. The van der Waals surface area contributed by atoms with Gasteiger partial charge < -0.3 is 25.4 Å². The molecular weight excluding hydrogens is 258 g/mol. The van der Waals surface area contributed by atoms with Gasteiger partial charge in [0.15, 0.2) is 11.5 Å². The highest BCUT2D eigenvalue weighted by Crippen LogP contribution is 2.28. The van der Waals surface area contributed by atoms with E-state index in [0.717, 1.165) is 5.56 Å². The van der Waals surface area contributed by atoms with E-state index < -0.39 is 5.60 Å². The van der Waals surface area contributed by atoms with E-state index in [4.69, 9.17) is 20.3 Å². The number of ether oxygens (including phenoxy) is 2. The Labute approximate surface area is 120 Å². The minimum atomic E-state index is -0.797. The predicted molar refractivity (Wildman–Crippen MR) is 77.9 cm³/mol. The molecule has 0 aliphatic heterocycles. The largest absolute Gasteiger partial charge is 0.493 e. The van der Waals surface area contributed by atoms with Gasteiger partial charge in [-0.05, 0) is 37.0 Å². The van der Waals surface area contributed by atoms with Crippen LogP contribution in [0.1, 0.15) is 31.7 Å². The Morgan fingerprint density at radius 1 is 1.30 bits per heavy atom. The van der Waals surface area contributed by atoms with Gasteiger partial charge in [0.2, 0.25) is 0 Å². The second-order valence-corrected chi connectivity index (χ2v) is 4.88. The normalized spacial score (nSPS) is 13.8. The lowest BCUT2D eigenvalue weighted by atomic mass is 9.95. The quantitative estimate of drug-likeness (QED) is 0.597. The molecule has 0 aliphatic rings. The van der Waals surface area contributed by atoms with E-state index >= 15 is 0 Å². The molecule has 1 aromatic carbocycles. The first-order valence-corrected chi connectivity index (χ1v) is 6.91. The summed E-state index contributed by atoms with van der Waals surface area (Å²) in [5, 5.41) is 19.1. The summed E-state index contributed by atoms with van der Waals surface area (Å²) >= 11 is 0. The van der Waals surface area contributed by atoms with Crippen LogP contribution in [0.4, 0.5) is 0 Å². The summed E-state index contributed by atoms with van der Waals surface area (Å²) in [6.45, 7) is 2.64. The third-order valence-electron chi connectivity index (χ3n) is 3.49. The molecule has 1 atom stereocenters. The van der Waals surface area contributed by atoms with Gasteiger partial charge in [-0.2, -0.15) is 0 Å². The third kappa shape index (κ3) is 4.67. The van der Waals surface area contributed by atoms with Crippen LogP contribution in [0.5, 0.6) is 11.5 Å². The van der Waals surface area contributed by atoms with Crippen molar-refractivity contribution in [2.24, 2.45) is 5.73 Å². The van der Waals surface area contributed by atoms with Gasteiger partial charge in [-0.25, -0.2) is 0 Å². The van der Waals surface area contributed by atoms with Gasteiger partial charge >= 0.3 is 0 Å². The average molecular weight is 283 g/mol. The Morgan fingerprint density at radius 2 is 2.05 bits per heavy atom. The van der Waals surface area contributed by atoms with Crippen LogP contribution in [0.2, 0.25) is 0 Å². The van der Waals surface area contributed by atoms with Gasteiger partial charge in [-0.1, -0.05) is 13.0 Å². The molecule has 114 valence electrons. The summed E-state index contributed by atoms with van der Waals surface area (Å²) in [6.07, 6.45) is 1.96. The molecule has 0 saturated carbocycles. The second kappa shape index (κ2) is 8.09. The Kier molecular flexibility index (Phi) is 6.78. The van der Waals surface area contributed by atoms with Crippen LogP contribution in [0.25, 0.3) is 0 Å². The van der Waals surface area contributed by atoms with E-state index in [2.05, 4.69) is 0 Å². The van der Waals surface area contributed by atoms with Crippen molar-refractivity contribution in [1.29, 1.82) is 0 Å². The molecule has 4 N–H and O–H groups in total. The molecule has 0 fully saturated rings. The fourth-order valence-electron chi connectivity index (χ4n) is 1.94. The highest BCUT2D eigenvalue weighted by molar-refractivity contribution is 5.42. The fourth-order valence-corrected chi connectivity index (χ4v) is 1.94. The average Bonchev–Trinajstić information content (AvgIpc) is 2.51. The molecule has 0 amide bonds. The molecule has 0 heterocycles. The monoisotopic (exact) mass is 283 g/mol. The lowest BCUT2D eigenvalue weighted by Crippen LogP contribution is -2.37. The molecule has 0 aliphatic carbocycles. The van der Waals surface area contributed by atoms with Gasteiger partial charge in [0.1, 0.15) is 0 Å². The maximum absolute atomic E-state index is 10.1. The molecule has 1 rings (SSSR count). The topological polar surface area (TPSA) is 84.9 Å². The van der Waals surface area contributed by atoms with Crippen LogP contribution in [-0.2, 0) is 6.61 Å². The molecule has 20 heavy (non-hydrogen) atoms. The number of benzene rings is 1. The Hall–Kier alpha value is -1.30. The minimum absolute atomic E-state index is 0.0311. The molecule has 1 unspecified atom stereocenters. The standard InChI is InChI=1S/C15H25NO4/c1-3-15(18,11-16)7-4-8-20-13-6-5-12(10-17)9-14(13)19-2/h5-6,9,17-18H,3-4,7-8,10-11,16H2,1-2H3. The lowest BCUT2D eigenvalue weighted by Gasteiger charge is -2.24. The van der Waals surface area contributed by atoms with Gasteiger partial charge in [-0.15, -0.1) is 0 Å². The van der Waals surface area contributed by atoms with Crippen molar-refractivity contribution in [3.8, 4) is 11.5 Å². The molecule has 0 spiro atoms. The lowest BCUT2D eigenvalue weighted by molar-refractivity contribution is 0.0308. The number of rotatable bonds is 9. The number of hydrogen-bond donors (Lipinski definition) is 3. The van der Waals surface area contributed by atoms with Gasteiger partial charge in [-0.3, -0.25) is 0 Å². The van der Waals surface area contributed by atoms with E-state index in [1.54, 1.807) is 25.3 Å². The zero-order valence-corrected chi connectivity index (χ0v) is 12.3. The van der Waals surface area contributed by atoms with Crippen LogP contribution in [0.15, 0.2) is 18.2 Å². The Balaban J connectivity index is 2.50. The van der Waals surface area contributed by atoms with Gasteiger partial charge in [0, 0.05) is 6.54 Å². The smallest absolute Gasteiger partial charge is 0.161 e. The van der Waals surface area contributed by atoms with Crippen molar-refractivity contribution in [2.75, 3.05) is 20.3 Å². The minimum Gasteiger partial charge on any atom is -0.493 e. The highest BCUT2D eigenvalue weighted by Gasteiger charge is 2.21. The van der Waals surface area contributed by atoms with E-state index in [9.17, 15) is 5.11 Å². The van der Waals surface area contributed by atoms with Crippen molar-refractivity contribution in [1.82, 2.24) is 0 Å². The van der Waals surface area contributed by atoms with Crippen molar-refractivity contribution in [3.63, 3.8) is 0 Å². The molecule has 1 aromatic rings. The first kappa shape index (κ1) is 16.8. The zero-order valence-electron chi connectivity index (χ0n) is 12.3. The predicted octanol–water partition coefficient (Wildman–Crippen LogP) is 1.45. The summed E-state index contributed by atoms with van der Waals surface area (Å²) in [4.78, 5) is 0. The van der Waals surface area contributed by atoms with E-state index in [1.165, 1.54) is 0 Å². The number of aliphatic hydroxyl groups excluding tert-OH is 1. The first-order chi connectivity index (χ1) is 9.58. The number of hydrogen-bond acceptors (Lipinski definition) is 5. The summed E-state index contributed by atoms with van der Waals surface area (Å²) in [5.74, 6) is 1.23. The van der Waals surface area contributed by atoms with Crippen LogP contribution in [-0.4, -0.2) is 36.1 Å². The molecule has 5 heteroatoms. The first-order valence-electron chi connectivity index (χ1n) is 6.91. The van der Waals surface area contributed by atoms with Crippen molar-refractivity contribution >= 4 is 0 Å². The number of aliphatic hydroxyl groups is 2. The zero-order chi connectivity index (χ0) is 15.0. The summed E-state index contributed by atoms with van der Waals surface area (Å²) in [5.41, 5.74) is 5.53. The van der Waals surface area contributed by atoms with Gasteiger partial charge in [0.25, 0.3) is 0 Å². The van der Waals surface area contributed by atoms with Crippen LogP contribution in [0, 0.1) is 0 Å². The maximum atomic E-state index is 10.1. The van der Waals surface area contributed by atoms with Crippen LogP contribution >= 0.6 is 0 Å². The van der Waals surface area contributed by atoms with E-state index in [-0.39, 0.29) is 13.2 Å². The summed E-state index contributed by atoms with van der Waals surface area (Å²) in [6, 6.07) is 5.32. The molecule has 0 aromatic heterocycles. The molecule has 0 saturated heterocycles. The maximum Gasteiger partial charge on any atom is 0.161 e. The molecule has 0 bridgehead atoms. The number of methoxy groups -OCH3 is 1. The second-order valence-electron chi connectivity index (χ2n) is 4.88. The number of nitrogens with two attached hydrogens (primary N) is 1. The van der Waals surface area contributed by atoms with Crippen molar-refractivity contribution in [3.05, 3.63) is 23.8 Å². The Bertz CT molecular complexity index is 405. The van der Waals surface area contributed by atoms with Crippen LogP contribution < -0.4 is 15.2 Å².